The quantitative estimate of drug-likeness (QED) is 0.621. The highest BCUT2D eigenvalue weighted by atomic mass is 35.5. The molecule has 2 nitrogen and oxygen atoms in total. The Labute approximate surface area is 79.9 Å². The largest absolute Gasteiger partial charge is 0.378 e. The normalized spacial score (nSPS) is 30.5. The van der Waals surface area contributed by atoms with Crippen LogP contribution in [0, 0.1) is 5.41 Å². The second-order valence-corrected chi connectivity index (χ2v) is 4.54. The van der Waals surface area contributed by atoms with Gasteiger partial charge in [0.25, 0.3) is 0 Å². The highest BCUT2D eigenvalue weighted by Crippen LogP contribution is 2.32. The first kappa shape index (κ1) is 10.3. The summed E-state index contributed by atoms with van der Waals surface area (Å²) in [7, 11) is 0. The Bertz CT molecular complexity index is 149. The summed E-state index contributed by atoms with van der Waals surface area (Å²) < 4.78 is 7.52. The van der Waals surface area contributed by atoms with Crippen LogP contribution >= 0.6 is 11.8 Å². The molecule has 1 saturated heterocycles. The van der Waals surface area contributed by atoms with Crippen molar-refractivity contribution < 1.29 is 4.74 Å². The van der Waals surface area contributed by atoms with E-state index in [4.69, 9.17) is 16.5 Å². The van der Waals surface area contributed by atoms with Crippen molar-refractivity contribution in [1.82, 2.24) is 4.42 Å². The molecule has 1 fully saturated rings. The molecule has 0 aromatic carbocycles. The highest BCUT2D eigenvalue weighted by Gasteiger charge is 2.35. The number of ether oxygens (including phenoxy) is 1. The molecular weight excluding hydrogens is 174 g/mol. The van der Waals surface area contributed by atoms with E-state index in [-0.39, 0.29) is 5.41 Å². The summed E-state index contributed by atoms with van der Waals surface area (Å²) >= 11 is 5.94. The molecule has 0 amide bonds. The molecule has 72 valence electrons. The summed E-state index contributed by atoms with van der Waals surface area (Å²) in [6.07, 6.45) is 1.42. The Balaban J connectivity index is 2.51. The minimum absolute atomic E-state index is 0.190. The lowest BCUT2D eigenvalue weighted by molar-refractivity contribution is -0.0532. The van der Waals surface area contributed by atoms with Crippen molar-refractivity contribution >= 4 is 11.8 Å². The Hall–Kier alpha value is 0.210. The summed E-state index contributed by atoms with van der Waals surface area (Å²) in [5, 5.41) is 0. The molecule has 1 aliphatic heterocycles. The molecule has 0 aromatic rings. The van der Waals surface area contributed by atoms with Gasteiger partial charge in [-0.15, -0.1) is 0 Å². The zero-order valence-electron chi connectivity index (χ0n) is 8.14. The van der Waals surface area contributed by atoms with Gasteiger partial charge < -0.3 is 4.74 Å². The molecule has 1 rings (SSSR count). The lowest BCUT2D eigenvalue weighted by Gasteiger charge is -2.41. The number of hydrogen-bond acceptors (Lipinski definition) is 2. The van der Waals surface area contributed by atoms with Crippen LogP contribution in [-0.4, -0.2) is 30.2 Å². The minimum atomic E-state index is 0.190. The van der Waals surface area contributed by atoms with E-state index < -0.39 is 0 Å². The fourth-order valence-electron chi connectivity index (χ4n) is 1.78. The zero-order valence-corrected chi connectivity index (χ0v) is 8.90. The van der Waals surface area contributed by atoms with Gasteiger partial charge in [0, 0.05) is 25.1 Å². The lowest BCUT2D eigenvalue weighted by Crippen LogP contribution is -2.46. The van der Waals surface area contributed by atoms with E-state index in [1.807, 2.05) is 11.3 Å². The molecule has 0 bridgehead atoms. The Morgan fingerprint density at radius 1 is 1.58 bits per heavy atom. The molecule has 3 heteroatoms. The van der Waals surface area contributed by atoms with Crippen LogP contribution in [-0.2, 0) is 4.74 Å². The van der Waals surface area contributed by atoms with Gasteiger partial charge in [-0.25, -0.2) is 4.42 Å². The number of piperidine rings is 1. The topological polar surface area (TPSA) is 12.5 Å². The van der Waals surface area contributed by atoms with E-state index >= 15 is 0 Å². The first-order valence-electron chi connectivity index (χ1n) is 4.58. The molecule has 0 aromatic heterocycles. The predicted molar refractivity (Wildman–Crippen MR) is 51.2 cm³/mol. The van der Waals surface area contributed by atoms with Gasteiger partial charge in [0.15, 0.2) is 0 Å². The Morgan fingerprint density at radius 3 is 2.75 bits per heavy atom. The molecule has 1 heterocycles. The van der Waals surface area contributed by atoms with Gasteiger partial charge in [0.1, 0.15) is 0 Å². The van der Waals surface area contributed by atoms with Crippen LogP contribution in [0.3, 0.4) is 0 Å². The van der Waals surface area contributed by atoms with Crippen molar-refractivity contribution in [2.24, 2.45) is 5.41 Å². The number of rotatable bonds is 2. The lowest BCUT2D eigenvalue weighted by atomic mass is 9.82. The van der Waals surface area contributed by atoms with Crippen LogP contribution in [0.2, 0.25) is 0 Å². The molecule has 0 spiro atoms. The monoisotopic (exact) mass is 191 g/mol. The van der Waals surface area contributed by atoms with Gasteiger partial charge in [-0.3, -0.25) is 0 Å². The average Bonchev–Trinajstić information content (AvgIpc) is 1.94. The predicted octanol–water partition coefficient (Wildman–Crippen LogP) is 2.28. The van der Waals surface area contributed by atoms with Crippen LogP contribution in [0.5, 0.6) is 0 Å². The second-order valence-electron chi connectivity index (χ2n) is 4.07. The molecule has 0 saturated carbocycles. The van der Waals surface area contributed by atoms with E-state index in [1.165, 1.54) is 0 Å². The van der Waals surface area contributed by atoms with Crippen molar-refractivity contribution in [3.63, 3.8) is 0 Å². The van der Waals surface area contributed by atoms with Crippen molar-refractivity contribution in [3.8, 4) is 0 Å². The van der Waals surface area contributed by atoms with Crippen molar-refractivity contribution in [2.75, 3.05) is 19.7 Å². The maximum atomic E-state index is 5.94. The third kappa shape index (κ3) is 2.35. The third-order valence-electron chi connectivity index (χ3n) is 2.45. The van der Waals surface area contributed by atoms with Crippen LogP contribution in [0.25, 0.3) is 0 Å². The average molecular weight is 192 g/mol. The van der Waals surface area contributed by atoms with Gasteiger partial charge in [-0.2, -0.15) is 0 Å². The van der Waals surface area contributed by atoms with E-state index in [1.54, 1.807) is 0 Å². The number of nitrogens with zero attached hydrogens (tertiary/aromatic N) is 1. The van der Waals surface area contributed by atoms with Crippen LogP contribution in [0.4, 0.5) is 0 Å². The third-order valence-corrected chi connectivity index (χ3v) is 2.74. The SMILES string of the molecule is CCO[C@@H]1CCN(Cl)CC1(C)C. The smallest absolute Gasteiger partial charge is 0.0651 e. The summed E-state index contributed by atoms with van der Waals surface area (Å²) in [6.45, 7) is 9.12. The van der Waals surface area contributed by atoms with E-state index in [9.17, 15) is 0 Å². The Kier molecular flexibility index (Phi) is 3.38. The van der Waals surface area contributed by atoms with Gasteiger partial charge in [0.2, 0.25) is 0 Å². The highest BCUT2D eigenvalue weighted by molar-refractivity contribution is 6.13. The van der Waals surface area contributed by atoms with Gasteiger partial charge in [-0.1, -0.05) is 13.8 Å². The fraction of sp³-hybridized carbons (Fsp3) is 1.00. The van der Waals surface area contributed by atoms with Crippen LogP contribution in [0.1, 0.15) is 27.2 Å². The van der Waals surface area contributed by atoms with Crippen LogP contribution < -0.4 is 0 Å². The van der Waals surface area contributed by atoms with Crippen molar-refractivity contribution in [3.05, 3.63) is 0 Å². The molecule has 0 unspecified atom stereocenters. The minimum Gasteiger partial charge on any atom is -0.378 e. The van der Waals surface area contributed by atoms with Crippen molar-refractivity contribution in [2.45, 2.75) is 33.3 Å². The molecule has 0 N–H and O–H groups in total. The first-order chi connectivity index (χ1) is 5.56. The summed E-state index contributed by atoms with van der Waals surface area (Å²) in [5.74, 6) is 0. The van der Waals surface area contributed by atoms with E-state index in [2.05, 4.69) is 13.8 Å². The molecule has 0 radical (unpaired) electrons. The van der Waals surface area contributed by atoms with Gasteiger partial charge in [-0.05, 0) is 25.1 Å². The second kappa shape index (κ2) is 3.95. The molecular formula is C9H18ClNO. The van der Waals surface area contributed by atoms with E-state index in [0.717, 1.165) is 26.1 Å². The molecule has 1 aliphatic rings. The van der Waals surface area contributed by atoms with Crippen molar-refractivity contribution in [1.29, 1.82) is 0 Å². The fourth-order valence-corrected chi connectivity index (χ4v) is 2.19. The van der Waals surface area contributed by atoms with Crippen LogP contribution in [0.15, 0.2) is 0 Å². The maximum Gasteiger partial charge on any atom is 0.0651 e. The Morgan fingerprint density at radius 2 is 2.25 bits per heavy atom. The molecule has 0 aliphatic carbocycles. The first-order valence-corrected chi connectivity index (χ1v) is 4.92. The summed E-state index contributed by atoms with van der Waals surface area (Å²) in [4.78, 5) is 0. The maximum absolute atomic E-state index is 5.94. The zero-order chi connectivity index (χ0) is 9.19. The van der Waals surface area contributed by atoms with E-state index in [0.29, 0.717) is 6.10 Å². The number of halogens is 1. The summed E-state index contributed by atoms with van der Waals surface area (Å²) in [6, 6.07) is 0. The molecule has 1 atom stereocenters. The van der Waals surface area contributed by atoms with Gasteiger partial charge in [0.05, 0.1) is 6.10 Å². The summed E-state index contributed by atoms with van der Waals surface area (Å²) in [5.41, 5.74) is 0.190. The number of hydrogen-bond donors (Lipinski definition) is 0. The standard InChI is InChI=1S/C9H18ClNO/c1-4-12-8-5-6-11(10)7-9(8,2)3/h8H,4-7H2,1-3H3/t8-/m1/s1. The molecule has 12 heavy (non-hydrogen) atoms. The van der Waals surface area contributed by atoms with Gasteiger partial charge >= 0.3 is 0 Å².